The first kappa shape index (κ1) is 15.3. The van der Waals surface area contributed by atoms with Gasteiger partial charge in [0.1, 0.15) is 11.6 Å². The molecule has 0 fully saturated rings. The standard InChI is InChI=1S/C14H18Cl2N4/c1-4-13-18-19-14(20(13)3)8-17-9(2)10-5-6-11(15)12(16)7-10/h5-7,9,17H,4,8H2,1-3H3/t9-/m0/s1. The molecule has 1 aromatic carbocycles. The van der Waals surface area contributed by atoms with Gasteiger partial charge in [-0.3, -0.25) is 0 Å². The third kappa shape index (κ3) is 3.32. The maximum Gasteiger partial charge on any atom is 0.146 e. The largest absolute Gasteiger partial charge is 0.317 e. The van der Waals surface area contributed by atoms with Gasteiger partial charge < -0.3 is 9.88 Å². The molecule has 0 bridgehead atoms. The Morgan fingerprint density at radius 3 is 2.50 bits per heavy atom. The first-order valence-electron chi connectivity index (χ1n) is 6.58. The molecule has 0 aliphatic carbocycles. The minimum Gasteiger partial charge on any atom is -0.317 e. The van der Waals surface area contributed by atoms with Crippen LogP contribution in [-0.2, 0) is 20.0 Å². The Balaban J connectivity index is 2.02. The fraction of sp³-hybridized carbons (Fsp3) is 0.429. The van der Waals surface area contributed by atoms with Crippen molar-refractivity contribution in [1.29, 1.82) is 0 Å². The van der Waals surface area contributed by atoms with E-state index in [0.717, 1.165) is 23.6 Å². The summed E-state index contributed by atoms with van der Waals surface area (Å²) in [6.07, 6.45) is 0.881. The highest BCUT2D eigenvalue weighted by Gasteiger charge is 2.10. The highest BCUT2D eigenvalue weighted by molar-refractivity contribution is 6.42. The molecule has 108 valence electrons. The number of rotatable bonds is 5. The van der Waals surface area contributed by atoms with E-state index in [1.807, 2.05) is 29.8 Å². The van der Waals surface area contributed by atoms with Gasteiger partial charge in [0.05, 0.1) is 16.6 Å². The lowest BCUT2D eigenvalue weighted by Gasteiger charge is -2.14. The lowest BCUT2D eigenvalue weighted by molar-refractivity contribution is 0.546. The number of hydrogen-bond acceptors (Lipinski definition) is 3. The average Bonchev–Trinajstić information content (AvgIpc) is 2.79. The van der Waals surface area contributed by atoms with Crippen molar-refractivity contribution in [3.8, 4) is 0 Å². The number of aryl methyl sites for hydroxylation is 1. The van der Waals surface area contributed by atoms with Crippen LogP contribution in [0.15, 0.2) is 18.2 Å². The van der Waals surface area contributed by atoms with Gasteiger partial charge >= 0.3 is 0 Å². The van der Waals surface area contributed by atoms with Crippen molar-refractivity contribution < 1.29 is 0 Å². The third-order valence-corrected chi connectivity index (χ3v) is 4.12. The summed E-state index contributed by atoms with van der Waals surface area (Å²) < 4.78 is 2.02. The number of aromatic nitrogens is 3. The van der Waals surface area contributed by atoms with E-state index in [4.69, 9.17) is 23.2 Å². The molecule has 0 aliphatic rings. The molecule has 4 nitrogen and oxygen atoms in total. The SMILES string of the molecule is CCc1nnc(CN[C@@H](C)c2ccc(Cl)c(Cl)c2)n1C. The molecule has 1 atom stereocenters. The highest BCUT2D eigenvalue weighted by atomic mass is 35.5. The monoisotopic (exact) mass is 312 g/mol. The minimum absolute atomic E-state index is 0.159. The molecule has 1 N–H and O–H groups in total. The summed E-state index contributed by atoms with van der Waals surface area (Å²) in [5.41, 5.74) is 1.09. The Hall–Kier alpha value is -1.10. The van der Waals surface area contributed by atoms with Gasteiger partial charge in [0.15, 0.2) is 0 Å². The smallest absolute Gasteiger partial charge is 0.146 e. The summed E-state index contributed by atoms with van der Waals surface area (Å²) in [5, 5.41) is 12.9. The molecule has 1 aromatic heterocycles. The van der Waals surface area contributed by atoms with Crippen LogP contribution in [0.25, 0.3) is 0 Å². The summed E-state index contributed by atoms with van der Waals surface area (Å²) in [6, 6.07) is 5.83. The lowest BCUT2D eigenvalue weighted by Crippen LogP contribution is -2.20. The summed E-state index contributed by atoms with van der Waals surface area (Å²) in [4.78, 5) is 0. The van der Waals surface area contributed by atoms with Crippen LogP contribution in [0.1, 0.15) is 37.1 Å². The maximum atomic E-state index is 6.04. The highest BCUT2D eigenvalue weighted by Crippen LogP contribution is 2.25. The molecule has 0 aliphatic heterocycles. The zero-order valence-electron chi connectivity index (χ0n) is 11.8. The normalized spacial score (nSPS) is 12.7. The van der Waals surface area contributed by atoms with Gasteiger partial charge in [0, 0.05) is 19.5 Å². The van der Waals surface area contributed by atoms with Crippen LogP contribution in [0.5, 0.6) is 0 Å². The molecule has 20 heavy (non-hydrogen) atoms. The summed E-state index contributed by atoms with van der Waals surface area (Å²) in [7, 11) is 1.99. The van der Waals surface area contributed by atoms with Crippen molar-refractivity contribution in [3.63, 3.8) is 0 Å². The van der Waals surface area contributed by atoms with E-state index >= 15 is 0 Å². The molecule has 0 amide bonds. The lowest BCUT2D eigenvalue weighted by atomic mass is 10.1. The quantitative estimate of drug-likeness (QED) is 0.918. The van der Waals surface area contributed by atoms with Crippen molar-refractivity contribution in [1.82, 2.24) is 20.1 Å². The number of halogens is 2. The molecule has 1 heterocycles. The van der Waals surface area contributed by atoms with Crippen molar-refractivity contribution in [3.05, 3.63) is 45.5 Å². The second-order valence-corrected chi connectivity index (χ2v) is 5.54. The molecule has 0 unspecified atom stereocenters. The molecule has 2 rings (SSSR count). The molecule has 2 aromatic rings. The first-order valence-corrected chi connectivity index (χ1v) is 7.34. The van der Waals surface area contributed by atoms with Gasteiger partial charge in [-0.2, -0.15) is 0 Å². The molecular formula is C14H18Cl2N4. The summed E-state index contributed by atoms with van der Waals surface area (Å²) >= 11 is 12.0. The Kier molecular flexibility index (Phi) is 5.02. The van der Waals surface area contributed by atoms with Crippen LogP contribution < -0.4 is 5.32 Å². The zero-order chi connectivity index (χ0) is 14.7. The fourth-order valence-electron chi connectivity index (χ4n) is 2.00. The van der Waals surface area contributed by atoms with Gasteiger partial charge in [-0.05, 0) is 24.6 Å². The van der Waals surface area contributed by atoms with Gasteiger partial charge in [0.2, 0.25) is 0 Å². The number of nitrogens with zero attached hydrogens (tertiary/aromatic N) is 3. The molecule has 0 saturated heterocycles. The van der Waals surface area contributed by atoms with E-state index in [9.17, 15) is 0 Å². The molecule has 0 radical (unpaired) electrons. The summed E-state index contributed by atoms with van der Waals surface area (Å²) in [6.45, 7) is 4.81. The van der Waals surface area contributed by atoms with Crippen molar-refractivity contribution in [2.24, 2.45) is 7.05 Å². The molecule has 0 spiro atoms. The minimum atomic E-state index is 0.159. The van der Waals surface area contributed by atoms with E-state index in [2.05, 4.69) is 29.4 Å². The predicted molar refractivity (Wildman–Crippen MR) is 82.1 cm³/mol. The Morgan fingerprint density at radius 2 is 1.90 bits per heavy atom. The van der Waals surface area contributed by atoms with E-state index < -0.39 is 0 Å². The predicted octanol–water partition coefficient (Wildman–Crippen LogP) is 3.54. The van der Waals surface area contributed by atoms with Crippen molar-refractivity contribution >= 4 is 23.2 Å². The Morgan fingerprint density at radius 1 is 1.20 bits per heavy atom. The molecule has 0 saturated carbocycles. The second kappa shape index (κ2) is 6.57. The summed E-state index contributed by atoms with van der Waals surface area (Å²) in [5.74, 6) is 1.91. The maximum absolute atomic E-state index is 6.04. The van der Waals surface area contributed by atoms with E-state index in [1.54, 1.807) is 0 Å². The Labute approximate surface area is 129 Å². The van der Waals surface area contributed by atoms with Gasteiger partial charge in [-0.25, -0.2) is 0 Å². The zero-order valence-corrected chi connectivity index (χ0v) is 13.3. The van der Waals surface area contributed by atoms with E-state index in [1.165, 1.54) is 0 Å². The third-order valence-electron chi connectivity index (χ3n) is 3.38. The number of benzene rings is 1. The topological polar surface area (TPSA) is 42.7 Å². The van der Waals surface area contributed by atoms with E-state index in [-0.39, 0.29) is 6.04 Å². The van der Waals surface area contributed by atoms with Gasteiger partial charge in [-0.1, -0.05) is 36.2 Å². The van der Waals surface area contributed by atoms with Gasteiger partial charge in [0.25, 0.3) is 0 Å². The molecule has 6 heteroatoms. The van der Waals surface area contributed by atoms with Crippen LogP contribution in [-0.4, -0.2) is 14.8 Å². The average molecular weight is 313 g/mol. The van der Waals surface area contributed by atoms with Crippen LogP contribution in [0.4, 0.5) is 0 Å². The Bertz CT molecular complexity index is 595. The van der Waals surface area contributed by atoms with E-state index in [0.29, 0.717) is 16.6 Å². The van der Waals surface area contributed by atoms with Crippen LogP contribution >= 0.6 is 23.2 Å². The van der Waals surface area contributed by atoms with Crippen LogP contribution in [0, 0.1) is 0 Å². The first-order chi connectivity index (χ1) is 9.52. The van der Waals surface area contributed by atoms with Crippen LogP contribution in [0.3, 0.4) is 0 Å². The molecular weight excluding hydrogens is 295 g/mol. The van der Waals surface area contributed by atoms with Gasteiger partial charge in [-0.15, -0.1) is 10.2 Å². The fourth-order valence-corrected chi connectivity index (χ4v) is 2.31. The van der Waals surface area contributed by atoms with Crippen molar-refractivity contribution in [2.45, 2.75) is 32.9 Å². The van der Waals surface area contributed by atoms with Crippen molar-refractivity contribution in [2.75, 3.05) is 0 Å². The number of hydrogen-bond donors (Lipinski definition) is 1. The van der Waals surface area contributed by atoms with Crippen LogP contribution in [0.2, 0.25) is 10.0 Å². The number of nitrogens with one attached hydrogen (secondary N) is 1. The second-order valence-electron chi connectivity index (χ2n) is 4.72.